The van der Waals surface area contributed by atoms with Crippen molar-refractivity contribution < 1.29 is 4.79 Å². The van der Waals surface area contributed by atoms with E-state index in [1.54, 1.807) is 6.20 Å². The number of rotatable bonds is 6. The van der Waals surface area contributed by atoms with Gasteiger partial charge in [0.15, 0.2) is 0 Å². The Balaban J connectivity index is 1.24. The minimum Gasteiger partial charge on any atom is -0.356 e. The van der Waals surface area contributed by atoms with E-state index in [1.165, 1.54) is 23.1 Å². The second-order valence-corrected chi connectivity index (χ2v) is 9.61. The number of aromatic nitrogens is 2. The summed E-state index contributed by atoms with van der Waals surface area (Å²) in [5, 5.41) is 1.26. The lowest BCUT2D eigenvalue weighted by molar-refractivity contribution is -0.123. The van der Waals surface area contributed by atoms with Crippen LogP contribution in [0.5, 0.6) is 0 Å². The summed E-state index contributed by atoms with van der Waals surface area (Å²) in [5.41, 5.74) is 1.19. The molecular formula is C27H35N5O. The van der Waals surface area contributed by atoms with Crippen molar-refractivity contribution in [3.05, 3.63) is 54.7 Å². The molecule has 6 nitrogen and oxygen atoms in total. The number of hydrogen-bond donors (Lipinski definition) is 1. The van der Waals surface area contributed by atoms with E-state index in [-0.39, 0.29) is 17.9 Å². The summed E-state index contributed by atoms with van der Waals surface area (Å²) in [6.07, 6.45) is 7.40. The molecular weight excluding hydrogens is 410 g/mol. The lowest BCUT2D eigenvalue weighted by Gasteiger charge is -2.39. The third-order valence-electron chi connectivity index (χ3n) is 7.28. The van der Waals surface area contributed by atoms with Crippen LogP contribution in [-0.4, -0.2) is 59.5 Å². The van der Waals surface area contributed by atoms with Gasteiger partial charge in [0, 0.05) is 61.8 Å². The highest BCUT2D eigenvalue weighted by atomic mass is 16.2. The van der Waals surface area contributed by atoms with E-state index in [2.05, 4.69) is 57.0 Å². The Hall–Kier alpha value is -2.86. The molecule has 2 fully saturated rings. The lowest BCUT2D eigenvalue weighted by atomic mass is 9.88. The van der Waals surface area contributed by atoms with Gasteiger partial charge in [0.2, 0.25) is 5.91 Å². The number of nitrogens with zero attached hydrogens (tertiary/aromatic N) is 4. The van der Waals surface area contributed by atoms with Crippen LogP contribution in [0.15, 0.2) is 54.7 Å². The molecule has 1 amide bonds. The Kier molecular flexibility index (Phi) is 6.63. The number of carbonyl (C=O) groups is 1. The Morgan fingerprint density at radius 2 is 1.82 bits per heavy atom. The largest absolute Gasteiger partial charge is 0.356 e. The first-order valence-electron chi connectivity index (χ1n) is 12.5. The molecule has 174 valence electrons. The minimum atomic E-state index is 0.0916. The molecule has 1 atom stereocenters. The molecule has 1 saturated carbocycles. The van der Waals surface area contributed by atoms with E-state index < -0.39 is 0 Å². The van der Waals surface area contributed by atoms with E-state index in [0.717, 1.165) is 64.2 Å². The van der Waals surface area contributed by atoms with Gasteiger partial charge in [0.05, 0.1) is 0 Å². The standard InChI is InChI=1S/C27H35N5O/c1-21(32(25-13-7-8-14-28-25)27(33)22-9-3-2-4-10-22)20-30-15-17-31(18-16-30)26-19-23-11-5-6-12-24(23)29-26/h5-8,11-14,19,21-22,29H,2-4,9-10,15-18,20H2,1H3/t21-/m1/s1. The summed E-state index contributed by atoms with van der Waals surface area (Å²) in [7, 11) is 0. The molecule has 0 radical (unpaired) electrons. The van der Waals surface area contributed by atoms with Gasteiger partial charge in [0.1, 0.15) is 11.6 Å². The van der Waals surface area contributed by atoms with Crippen molar-refractivity contribution >= 4 is 28.4 Å². The first-order chi connectivity index (χ1) is 16.2. The molecule has 1 aliphatic carbocycles. The quantitative estimate of drug-likeness (QED) is 0.598. The van der Waals surface area contributed by atoms with E-state index in [0.29, 0.717) is 0 Å². The highest BCUT2D eigenvalue weighted by Crippen LogP contribution is 2.28. The van der Waals surface area contributed by atoms with Crippen LogP contribution >= 0.6 is 0 Å². The van der Waals surface area contributed by atoms with Gasteiger partial charge in [-0.2, -0.15) is 0 Å². The number of pyridine rings is 1. The van der Waals surface area contributed by atoms with Crippen molar-refractivity contribution in [3.63, 3.8) is 0 Å². The zero-order chi connectivity index (χ0) is 22.6. The molecule has 1 N–H and O–H groups in total. The topological polar surface area (TPSA) is 55.5 Å². The minimum absolute atomic E-state index is 0.0916. The molecule has 3 heterocycles. The number of nitrogens with one attached hydrogen (secondary N) is 1. The molecule has 33 heavy (non-hydrogen) atoms. The fourth-order valence-corrected chi connectivity index (χ4v) is 5.45. The third-order valence-corrected chi connectivity index (χ3v) is 7.28. The van der Waals surface area contributed by atoms with Gasteiger partial charge >= 0.3 is 0 Å². The molecule has 5 rings (SSSR count). The zero-order valence-electron chi connectivity index (χ0n) is 19.6. The number of carbonyl (C=O) groups excluding carboxylic acids is 1. The van der Waals surface area contributed by atoms with Crippen LogP contribution in [0.25, 0.3) is 10.9 Å². The molecule has 0 unspecified atom stereocenters. The summed E-state index contributed by atoms with van der Waals surface area (Å²) < 4.78 is 0. The second-order valence-electron chi connectivity index (χ2n) is 9.61. The smallest absolute Gasteiger partial charge is 0.231 e. The summed E-state index contributed by atoms with van der Waals surface area (Å²) in [5.74, 6) is 2.39. The maximum absolute atomic E-state index is 13.6. The van der Waals surface area contributed by atoms with Gasteiger partial charge in [-0.05, 0) is 44.0 Å². The van der Waals surface area contributed by atoms with Crippen molar-refractivity contribution in [2.24, 2.45) is 5.92 Å². The molecule has 0 bridgehead atoms. The Morgan fingerprint density at radius 1 is 1.06 bits per heavy atom. The summed E-state index contributed by atoms with van der Waals surface area (Å²) in [6, 6.07) is 16.7. The summed E-state index contributed by atoms with van der Waals surface area (Å²) in [4.78, 5) is 28.6. The average Bonchev–Trinajstić information content (AvgIpc) is 3.30. The normalized spacial score (nSPS) is 19.0. The SMILES string of the molecule is C[C@H](CN1CCN(c2cc3ccccc3[nH]2)CC1)N(C(=O)C1CCCCC1)c1ccccn1. The van der Waals surface area contributed by atoms with Crippen molar-refractivity contribution in [1.29, 1.82) is 0 Å². The molecule has 1 saturated heterocycles. The van der Waals surface area contributed by atoms with Crippen LogP contribution in [0.2, 0.25) is 0 Å². The fraction of sp³-hybridized carbons (Fsp3) is 0.481. The molecule has 1 aliphatic heterocycles. The number of benzene rings is 1. The third kappa shape index (κ3) is 4.91. The van der Waals surface area contributed by atoms with Crippen LogP contribution < -0.4 is 9.80 Å². The van der Waals surface area contributed by atoms with Gasteiger partial charge in [-0.25, -0.2) is 4.98 Å². The lowest BCUT2D eigenvalue weighted by Crippen LogP contribution is -2.53. The first kappa shape index (κ1) is 22.0. The second kappa shape index (κ2) is 9.96. The number of fused-ring (bicyclic) bond motifs is 1. The first-order valence-corrected chi connectivity index (χ1v) is 12.5. The molecule has 0 spiro atoms. The van der Waals surface area contributed by atoms with Crippen molar-refractivity contribution in [1.82, 2.24) is 14.9 Å². The maximum Gasteiger partial charge on any atom is 0.231 e. The van der Waals surface area contributed by atoms with Crippen molar-refractivity contribution in [3.8, 4) is 0 Å². The van der Waals surface area contributed by atoms with E-state index in [4.69, 9.17) is 0 Å². The number of aromatic amines is 1. The summed E-state index contributed by atoms with van der Waals surface area (Å²) in [6.45, 7) is 7.01. The van der Waals surface area contributed by atoms with Gasteiger partial charge in [-0.15, -0.1) is 0 Å². The monoisotopic (exact) mass is 445 g/mol. The number of para-hydroxylation sites is 1. The van der Waals surface area contributed by atoms with Gasteiger partial charge < -0.3 is 9.88 Å². The van der Waals surface area contributed by atoms with Crippen molar-refractivity contribution in [2.75, 3.05) is 42.5 Å². The van der Waals surface area contributed by atoms with Crippen LogP contribution in [-0.2, 0) is 4.79 Å². The van der Waals surface area contributed by atoms with Gasteiger partial charge in [-0.1, -0.05) is 43.5 Å². The predicted octanol–water partition coefficient (Wildman–Crippen LogP) is 4.69. The molecule has 2 aliphatic rings. The fourth-order valence-electron chi connectivity index (χ4n) is 5.45. The number of hydrogen-bond acceptors (Lipinski definition) is 4. The van der Waals surface area contributed by atoms with Gasteiger partial charge in [-0.3, -0.25) is 14.6 Å². The van der Waals surface area contributed by atoms with Crippen LogP contribution in [0.3, 0.4) is 0 Å². The number of piperazine rings is 1. The van der Waals surface area contributed by atoms with E-state index in [1.807, 2.05) is 23.1 Å². The Morgan fingerprint density at radius 3 is 2.55 bits per heavy atom. The summed E-state index contributed by atoms with van der Waals surface area (Å²) >= 11 is 0. The predicted molar refractivity (Wildman–Crippen MR) is 135 cm³/mol. The van der Waals surface area contributed by atoms with E-state index in [9.17, 15) is 4.79 Å². The number of amides is 1. The van der Waals surface area contributed by atoms with E-state index >= 15 is 0 Å². The highest BCUT2D eigenvalue weighted by molar-refractivity contribution is 5.94. The Bertz CT molecular complexity index is 1020. The van der Waals surface area contributed by atoms with Gasteiger partial charge in [0.25, 0.3) is 0 Å². The Labute approximate surface area is 196 Å². The average molecular weight is 446 g/mol. The van der Waals surface area contributed by atoms with Crippen LogP contribution in [0, 0.1) is 5.92 Å². The zero-order valence-corrected chi connectivity index (χ0v) is 19.6. The molecule has 3 aromatic rings. The highest BCUT2D eigenvalue weighted by Gasteiger charge is 2.32. The van der Waals surface area contributed by atoms with Crippen LogP contribution in [0.1, 0.15) is 39.0 Å². The molecule has 1 aromatic carbocycles. The maximum atomic E-state index is 13.6. The molecule has 6 heteroatoms. The van der Waals surface area contributed by atoms with Crippen LogP contribution in [0.4, 0.5) is 11.6 Å². The van der Waals surface area contributed by atoms with Crippen molar-refractivity contribution in [2.45, 2.75) is 45.1 Å². The number of anilines is 2. The number of H-pyrrole nitrogens is 1. The molecule has 2 aromatic heterocycles.